The average molecular weight is 332 g/mol. The third-order valence-corrected chi connectivity index (χ3v) is 4.89. The summed E-state index contributed by atoms with van der Waals surface area (Å²) in [7, 11) is 0. The van der Waals surface area contributed by atoms with E-state index in [1.54, 1.807) is 0 Å². The first-order valence-electron chi connectivity index (χ1n) is 9.23. The molecular formula is C20H32N2O2. The van der Waals surface area contributed by atoms with Gasteiger partial charge in [-0.1, -0.05) is 30.3 Å². The van der Waals surface area contributed by atoms with Gasteiger partial charge in [0, 0.05) is 31.7 Å². The van der Waals surface area contributed by atoms with Gasteiger partial charge in [0.15, 0.2) is 0 Å². The molecule has 1 fully saturated rings. The van der Waals surface area contributed by atoms with Crippen LogP contribution in [-0.2, 0) is 9.53 Å². The third kappa shape index (κ3) is 5.05. The second kappa shape index (κ2) is 9.19. The van der Waals surface area contributed by atoms with E-state index in [0.717, 1.165) is 26.1 Å². The molecule has 2 unspecified atom stereocenters. The number of hydrogen-bond acceptors (Lipinski definition) is 3. The number of carbonyl (C=O) groups is 1. The molecule has 1 aromatic rings. The van der Waals surface area contributed by atoms with Crippen molar-refractivity contribution in [2.75, 3.05) is 26.2 Å². The van der Waals surface area contributed by atoms with Crippen molar-refractivity contribution >= 4 is 5.91 Å². The molecule has 2 rings (SSSR count). The first-order valence-corrected chi connectivity index (χ1v) is 9.23. The fourth-order valence-electron chi connectivity index (χ4n) is 3.48. The van der Waals surface area contributed by atoms with Crippen LogP contribution in [0.5, 0.6) is 0 Å². The van der Waals surface area contributed by atoms with E-state index in [2.05, 4.69) is 49.1 Å². The molecule has 24 heavy (non-hydrogen) atoms. The zero-order chi connectivity index (χ0) is 17.5. The zero-order valence-corrected chi connectivity index (χ0v) is 15.6. The Morgan fingerprint density at radius 3 is 2.62 bits per heavy atom. The number of ether oxygens (including phenoxy) is 1. The number of carbonyl (C=O) groups excluding carboxylic acids is 1. The van der Waals surface area contributed by atoms with Crippen LogP contribution in [0.4, 0.5) is 0 Å². The van der Waals surface area contributed by atoms with Crippen LogP contribution in [0.15, 0.2) is 30.3 Å². The van der Waals surface area contributed by atoms with Gasteiger partial charge in [-0.2, -0.15) is 0 Å². The van der Waals surface area contributed by atoms with Crippen LogP contribution in [0.1, 0.15) is 52.1 Å². The van der Waals surface area contributed by atoms with Crippen LogP contribution >= 0.6 is 0 Å². The number of amides is 1. The lowest BCUT2D eigenvalue weighted by Gasteiger charge is -2.30. The normalized spacial score (nSPS) is 19.6. The van der Waals surface area contributed by atoms with Gasteiger partial charge >= 0.3 is 0 Å². The third-order valence-electron chi connectivity index (χ3n) is 4.89. The molecule has 1 aromatic carbocycles. The maximum absolute atomic E-state index is 12.5. The summed E-state index contributed by atoms with van der Waals surface area (Å²) in [5.41, 5.74) is 1.35. The van der Waals surface area contributed by atoms with Crippen molar-refractivity contribution < 1.29 is 9.53 Å². The fourth-order valence-corrected chi connectivity index (χ4v) is 3.48. The lowest BCUT2D eigenvalue weighted by molar-refractivity contribution is -0.134. The molecule has 1 amide bonds. The highest BCUT2D eigenvalue weighted by atomic mass is 16.5. The number of hydrogen-bond donors (Lipinski definition) is 0. The molecule has 1 heterocycles. The van der Waals surface area contributed by atoms with E-state index in [0.29, 0.717) is 25.1 Å². The maximum Gasteiger partial charge on any atom is 0.225 e. The van der Waals surface area contributed by atoms with Crippen LogP contribution in [0.2, 0.25) is 0 Å². The molecule has 1 aliphatic heterocycles. The Morgan fingerprint density at radius 2 is 2.00 bits per heavy atom. The molecule has 134 valence electrons. The van der Waals surface area contributed by atoms with Gasteiger partial charge in [-0.25, -0.2) is 0 Å². The fraction of sp³-hybridized carbons (Fsp3) is 0.650. The van der Waals surface area contributed by atoms with Crippen molar-refractivity contribution in [3.8, 4) is 0 Å². The van der Waals surface area contributed by atoms with Gasteiger partial charge in [-0.3, -0.25) is 9.69 Å². The summed E-state index contributed by atoms with van der Waals surface area (Å²) in [6, 6.07) is 11.3. The number of likely N-dealkylation sites (tertiary alicyclic amines) is 1. The Bertz CT molecular complexity index is 504. The van der Waals surface area contributed by atoms with Crippen molar-refractivity contribution in [1.82, 2.24) is 9.80 Å². The molecule has 0 aliphatic carbocycles. The summed E-state index contributed by atoms with van der Waals surface area (Å²) in [4.78, 5) is 17.0. The van der Waals surface area contributed by atoms with Gasteiger partial charge in [-0.05, 0) is 39.7 Å². The molecule has 2 atom stereocenters. The molecular weight excluding hydrogens is 300 g/mol. The van der Waals surface area contributed by atoms with Crippen molar-refractivity contribution in [2.45, 2.75) is 58.7 Å². The number of likely N-dealkylation sites (N-methyl/N-ethyl adjacent to an activating group) is 1. The Hall–Kier alpha value is -1.39. The van der Waals surface area contributed by atoms with Crippen LogP contribution < -0.4 is 0 Å². The van der Waals surface area contributed by atoms with E-state index in [-0.39, 0.29) is 12.0 Å². The minimum atomic E-state index is 0.182. The second-order valence-electron chi connectivity index (χ2n) is 6.87. The van der Waals surface area contributed by atoms with Crippen LogP contribution in [-0.4, -0.2) is 54.1 Å². The quantitative estimate of drug-likeness (QED) is 0.730. The maximum atomic E-state index is 12.5. The predicted molar refractivity (Wildman–Crippen MR) is 97.9 cm³/mol. The summed E-state index contributed by atoms with van der Waals surface area (Å²) in [6.45, 7) is 11.6. The topological polar surface area (TPSA) is 32.8 Å². The summed E-state index contributed by atoms with van der Waals surface area (Å²) in [5.74, 6) is 0.220. The Morgan fingerprint density at radius 1 is 1.29 bits per heavy atom. The summed E-state index contributed by atoms with van der Waals surface area (Å²) in [6.07, 6.45) is 1.72. The van der Waals surface area contributed by atoms with E-state index in [1.165, 1.54) is 5.56 Å². The van der Waals surface area contributed by atoms with Crippen LogP contribution in [0.25, 0.3) is 0 Å². The zero-order valence-electron chi connectivity index (χ0n) is 15.6. The highest BCUT2D eigenvalue weighted by Gasteiger charge is 2.32. The lowest BCUT2D eigenvalue weighted by Crippen LogP contribution is -2.42. The van der Waals surface area contributed by atoms with Crippen molar-refractivity contribution in [1.29, 1.82) is 0 Å². The molecule has 0 saturated carbocycles. The average Bonchev–Trinajstić information content (AvgIpc) is 3.05. The van der Waals surface area contributed by atoms with Gasteiger partial charge < -0.3 is 9.64 Å². The first kappa shape index (κ1) is 18.9. The molecule has 0 bridgehead atoms. The number of rotatable bonds is 8. The Balaban J connectivity index is 1.89. The Kier molecular flexibility index (Phi) is 7.25. The number of nitrogens with zero attached hydrogens (tertiary/aromatic N) is 2. The molecule has 0 spiro atoms. The van der Waals surface area contributed by atoms with E-state index < -0.39 is 0 Å². The molecule has 0 aromatic heterocycles. The van der Waals surface area contributed by atoms with Gasteiger partial charge in [-0.15, -0.1) is 0 Å². The number of benzene rings is 1. The van der Waals surface area contributed by atoms with E-state index in [4.69, 9.17) is 4.74 Å². The minimum absolute atomic E-state index is 0.182. The molecule has 0 N–H and O–H groups in total. The molecule has 4 nitrogen and oxygen atoms in total. The van der Waals surface area contributed by atoms with Gasteiger partial charge in [0.25, 0.3) is 0 Å². The molecule has 4 heteroatoms. The van der Waals surface area contributed by atoms with E-state index in [9.17, 15) is 4.79 Å². The SMILES string of the molecule is CCN(C(=O)CCOC(C)C)C1CCN(C(C)c2ccccc2)C1. The monoisotopic (exact) mass is 332 g/mol. The van der Waals surface area contributed by atoms with E-state index in [1.807, 2.05) is 18.7 Å². The highest BCUT2D eigenvalue weighted by Crippen LogP contribution is 2.26. The van der Waals surface area contributed by atoms with Gasteiger partial charge in [0.2, 0.25) is 5.91 Å². The standard InChI is InChI=1S/C20H32N2O2/c1-5-22(20(23)12-14-24-16(2)3)19-11-13-21(15-19)17(4)18-9-7-6-8-10-18/h6-10,16-17,19H,5,11-15H2,1-4H3. The summed E-state index contributed by atoms with van der Waals surface area (Å²) in [5, 5.41) is 0. The smallest absolute Gasteiger partial charge is 0.225 e. The van der Waals surface area contributed by atoms with Crippen molar-refractivity contribution in [3.63, 3.8) is 0 Å². The summed E-state index contributed by atoms with van der Waals surface area (Å²) >= 11 is 0. The highest BCUT2D eigenvalue weighted by molar-refractivity contribution is 5.76. The molecule has 1 aliphatic rings. The molecule has 0 radical (unpaired) electrons. The molecule has 1 saturated heterocycles. The second-order valence-corrected chi connectivity index (χ2v) is 6.87. The van der Waals surface area contributed by atoms with Crippen molar-refractivity contribution in [2.24, 2.45) is 0 Å². The minimum Gasteiger partial charge on any atom is -0.378 e. The summed E-state index contributed by atoms with van der Waals surface area (Å²) < 4.78 is 5.53. The predicted octanol–water partition coefficient (Wildman–Crippen LogP) is 3.49. The first-order chi connectivity index (χ1) is 11.5. The van der Waals surface area contributed by atoms with Gasteiger partial charge in [0.05, 0.1) is 19.1 Å². The van der Waals surface area contributed by atoms with Gasteiger partial charge in [0.1, 0.15) is 0 Å². The van der Waals surface area contributed by atoms with Crippen LogP contribution in [0, 0.1) is 0 Å². The van der Waals surface area contributed by atoms with Crippen molar-refractivity contribution in [3.05, 3.63) is 35.9 Å². The lowest BCUT2D eigenvalue weighted by atomic mass is 10.1. The Labute approximate surface area is 146 Å². The largest absolute Gasteiger partial charge is 0.378 e. The van der Waals surface area contributed by atoms with Crippen LogP contribution in [0.3, 0.4) is 0 Å². The van der Waals surface area contributed by atoms with E-state index >= 15 is 0 Å².